The van der Waals surface area contributed by atoms with Crippen LogP contribution >= 0.6 is 0 Å². The standard InChI is InChI=1S/C17H35N3O2/c1-13(2)17(6,12-19-15(21)22-16(3,4)5)20-11-14-9-7-8-10-18-14/h13-14,18,20H,7-12H2,1-6H3,(H,19,21). The summed E-state index contributed by atoms with van der Waals surface area (Å²) in [6.07, 6.45) is 3.45. The molecule has 1 amide bonds. The fraction of sp³-hybridized carbons (Fsp3) is 0.941. The first-order valence-electron chi connectivity index (χ1n) is 8.58. The van der Waals surface area contributed by atoms with E-state index in [1.54, 1.807) is 0 Å². The molecular weight excluding hydrogens is 278 g/mol. The molecule has 0 aliphatic carbocycles. The molecule has 0 aromatic rings. The molecule has 3 N–H and O–H groups in total. The molecule has 0 bridgehead atoms. The number of rotatable bonds is 6. The molecule has 0 spiro atoms. The molecule has 1 fully saturated rings. The van der Waals surface area contributed by atoms with Crippen molar-refractivity contribution in [2.75, 3.05) is 19.6 Å². The fourth-order valence-corrected chi connectivity index (χ4v) is 2.50. The molecule has 1 aliphatic heterocycles. The van der Waals surface area contributed by atoms with Crippen LogP contribution in [-0.4, -0.2) is 42.9 Å². The SMILES string of the molecule is CC(C)C(C)(CNC(=O)OC(C)(C)C)NCC1CCCCN1. The smallest absolute Gasteiger partial charge is 0.407 e. The van der Waals surface area contributed by atoms with E-state index in [4.69, 9.17) is 4.74 Å². The molecule has 22 heavy (non-hydrogen) atoms. The van der Waals surface area contributed by atoms with Crippen molar-refractivity contribution in [3.63, 3.8) is 0 Å². The van der Waals surface area contributed by atoms with Crippen LogP contribution in [0.15, 0.2) is 0 Å². The lowest BCUT2D eigenvalue weighted by Gasteiger charge is -2.37. The number of hydrogen-bond donors (Lipinski definition) is 3. The van der Waals surface area contributed by atoms with Gasteiger partial charge in [0, 0.05) is 24.7 Å². The van der Waals surface area contributed by atoms with E-state index in [-0.39, 0.29) is 11.6 Å². The van der Waals surface area contributed by atoms with Gasteiger partial charge in [-0.1, -0.05) is 20.3 Å². The van der Waals surface area contributed by atoms with Gasteiger partial charge in [-0.3, -0.25) is 0 Å². The molecule has 5 heteroatoms. The Balaban J connectivity index is 2.46. The van der Waals surface area contributed by atoms with Crippen LogP contribution in [0.1, 0.15) is 60.8 Å². The number of ether oxygens (including phenoxy) is 1. The lowest BCUT2D eigenvalue weighted by molar-refractivity contribution is 0.0502. The minimum absolute atomic E-state index is 0.143. The molecule has 1 saturated heterocycles. The van der Waals surface area contributed by atoms with Gasteiger partial charge < -0.3 is 20.7 Å². The van der Waals surface area contributed by atoms with Gasteiger partial charge >= 0.3 is 6.09 Å². The van der Waals surface area contributed by atoms with Crippen molar-refractivity contribution in [2.45, 2.75) is 78.0 Å². The van der Waals surface area contributed by atoms with Gasteiger partial charge in [-0.15, -0.1) is 0 Å². The van der Waals surface area contributed by atoms with E-state index < -0.39 is 5.60 Å². The summed E-state index contributed by atoms with van der Waals surface area (Å²) in [5.41, 5.74) is -0.603. The number of carbonyl (C=O) groups excluding carboxylic acids is 1. The van der Waals surface area contributed by atoms with Gasteiger partial charge in [0.1, 0.15) is 5.60 Å². The first-order valence-corrected chi connectivity index (χ1v) is 8.58. The Labute approximate surface area is 135 Å². The molecule has 2 unspecified atom stereocenters. The topological polar surface area (TPSA) is 62.4 Å². The lowest BCUT2D eigenvalue weighted by Crippen LogP contribution is -2.58. The van der Waals surface area contributed by atoms with Crippen molar-refractivity contribution in [2.24, 2.45) is 5.92 Å². The van der Waals surface area contributed by atoms with Gasteiger partial charge in [-0.2, -0.15) is 0 Å². The highest BCUT2D eigenvalue weighted by atomic mass is 16.6. The van der Waals surface area contributed by atoms with E-state index in [9.17, 15) is 4.79 Å². The number of carbonyl (C=O) groups is 1. The molecule has 1 rings (SSSR count). The van der Waals surface area contributed by atoms with Gasteiger partial charge in [-0.25, -0.2) is 4.79 Å². The zero-order valence-electron chi connectivity index (χ0n) is 15.2. The normalized spacial score (nSPS) is 22.2. The molecule has 0 aromatic carbocycles. The molecular formula is C17H35N3O2. The van der Waals surface area contributed by atoms with E-state index in [2.05, 4.69) is 36.7 Å². The maximum Gasteiger partial charge on any atom is 0.407 e. The second kappa shape index (κ2) is 8.16. The lowest BCUT2D eigenvalue weighted by atomic mass is 9.87. The molecule has 0 saturated carbocycles. The summed E-state index contributed by atoms with van der Waals surface area (Å²) >= 11 is 0. The fourth-order valence-electron chi connectivity index (χ4n) is 2.50. The average Bonchev–Trinajstić information content (AvgIpc) is 2.42. The van der Waals surface area contributed by atoms with Crippen molar-refractivity contribution in [1.29, 1.82) is 0 Å². The Morgan fingerprint density at radius 1 is 1.27 bits per heavy atom. The van der Waals surface area contributed by atoms with Crippen molar-refractivity contribution in [3.8, 4) is 0 Å². The Bertz CT molecular complexity index is 346. The zero-order valence-corrected chi connectivity index (χ0v) is 15.2. The van der Waals surface area contributed by atoms with Crippen LogP contribution in [0.25, 0.3) is 0 Å². The Hall–Kier alpha value is -0.810. The van der Waals surface area contributed by atoms with E-state index >= 15 is 0 Å². The van der Waals surface area contributed by atoms with E-state index in [0.29, 0.717) is 18.5 Å². The minimum Gasteiger partial charge on any atom is -0.444 e. The highest BCUT2D eigenvalue weighted by Crippen LogP contribution is 2.17. The summed E-state index contributed by atoms with van der Waals surface area (Å²) in [6.45, 7) is 14.8. The van der Waals surface area contributed by atoms with Gasteiger partial charge in [-0.05, 0) is 53.0 Å². The average molecular weight is 313 g/mol. The third-order valence-electron chi connectivity index (χ3n) is 4.44. The van der Waals surface area contributed by atoms with Crippen molar-refractivity contribution >= 4 is 6.09 Å². The minimum atomic E-state index is -0.461. The molecule has 130 valence electrons. The van der Waals surface area contributed by atoms with E-state index in [0.717, 1.165) is 13.1 Å². The summed E-state index contributed by atoms with van der Waals surface area (Å²) in [6, 6.07) is 0.536. The highest BCUT2D eigenvalue weighted by Gasteiger charge is 2.30. The van der Waals surface area contributed by atoms with Crippen LogP contribution in [0.4, 0.5) is 4.79 Å². The van der Waals surface area contributed by atoms with Gasteiger partial charge in [0.2, 0.25) is 0 Å². The van der Waals surface area contributed by atoms with E-state index in [1.807, 2.05) is 20.8 Å². The Kier molecular flexibility index (Phi) is 7.13. The first-order chi connectivity index (χ1) is 10.1. The van der Waals surface area contributed by atoms with Crippen LogP contribution in [0.5, 0.6) is 0 Å². The molecule has 0 radical (unpaired) electrons. The van der Waals surface area contributed by atoms with Crippen molar-refractivity contribution in [3.05, 3.63) is 0 Å². The maximum atomic E-state index is 11.9. The third-order valence-corrected chi connectivity index (χ3v) is 4.44. The predicted molar refractivity (Wildman–Crippen MR) is 91.1 cm³/mol. The highest BCUT2D eigenvalue weighted by molar-refractivity contribution is 5.67. The van der Waals surface area contributed by atoms with Crippen LogP contribution in [-0.2, 0) is 4.74 Å². The predicted octanol–water partition coefficient (Wildman–Crippen LogP) is 2.66. The van der Waals surface area contributed by atoms with Gasteiger partial charge in [0.15, 0.2) is 0 Å². The number of hydrogen-bond acceptors (Lipinski definition) is 4. The number of alkyl carbamates (subject to hydrolysis) is 1. The molecule has 0 aromatic heterocycles. The molecule has 2 atom stereocenters. The molecule has 1 aliphatic rings. The number of piperidine rings is 1. The van der Waals surface area contributed by atoms with Crippen molar-refractivity contribution in [1.82, 2.24) is 16.0 Å². The summed E-state index contributed by atoms with van der Waals surface area (Å²) in [4.78, 5) is 11.9. The van der Waals surface area contributed by atoms with Crippen LogP contribution in [0, 0.1) is 5.92 Å². The quantitative estimate of drug-likeness (QED) is 0.705. The van der Waals surface area contributed by atoms with Crippen LogP contribution in [0.2, 0.25) is 0 Å². The monoisotopic (exact) mass is 313 g/mol. The summed E-state index contributed by atoms with van der Waals surface area (Å²) in [5, 5.41) is 10.1. The maximum absolute atomic E-state index is 11.9. The Morgan fingerprint density at radius 3 is 2.45 bits per heavy atom. The third kappa shape index (κ3) is 6.97. The Morgan fingerprint density at radius 2 is 1.95 bits per heavy atom. The number of nitrogens with one attached hydrogen (secondary N) is 3. The van der Waals surface area contributed by atoms with Crippen LogP contribution in [0.3, 0.4) is 0 Å². The first kappa shape index (κ1) is 19.2. The number of amides is 1. The van der Waals surface area contributed by atoms with E-state index in [1.165, 1.54) is 19.3 Å². The summed E-state index contributed by atoms with van der Waals surface area (Å²) in [5.74, 6) is 0.408. The van der Waals surface area contributed by atoms with Crippen LogP contribution < -0.4 is 16.0 Å². The summed E-state index contributed by atoms with van der Waals surface area (Å²) < 4.78 is 5.32. The molecule has 5 nitrogen and oxygen atoms in total. The second-order valence-corrected chi connectivity index (χ2v) is 7.96. The van der Waals surface area contributed by atoms with Crippen molar-refractivity contribution < 1.29 is 9.53 Å². The summed E-state index contributed by atoms with van der Waals surface area (Å²) in [7, 11) is 0. The largest absolute Gasteiger partial charge is 0.444 e. The second-order valence-electron chi connectivity index (χ2n) is 7.96. The van der Waals surface area contributed by atoms with Gasteiger partial charge in [0.25, 0.3) is 0 Å². The zero-order chi connectivity index (χ0) is 16.8. The van der Waals surface area contributed by atoms with Gasteiger partial charge in [0.05, 0.1) is 0 Å². The molecule has 1 heterocycles.